The molecule has 0 radical (unpaired) electrons. The normalized spacial score (nSPS) is 36.3. The third-order valence-corrected chi connectivity index (χ3v) is 6.02. The van der Waals surface area contributed by atoms with Crippen molar-refractivity contribution in [2.75, 3.05) is 0 Å². The summed E-state index contributed by atoms with van der Waals surface area (Å²) in [6.07, 6.45) is 6.24. The standard InChI is InChI=1S/C19H26O2/c1-18-10-8-16(20)12-19(18,2)13-17(9-11-18)21-14-15-6-4-3-5-7-15/h3-7,17H,8-14H2,1-2H3/t17-,18+,19-/m1/s1. The molecule has 1 aromatic rings. The number of fused-ring (bicyclic) bond motifs is 1. The number of ether oxygens (including phenoxy) is 1. The lowest BCUT2D eigenvalue weighted by molar-refractivity contribution is -0.141. The first-order chi connectivity index (χ1) is 10.0. The Hall–Kier alpha value is -1.15. The van der Waals surface area contributed by atoms with Crippen LogP contribution in [-0.4, -0.2) is 11.9 Å². The van der Waals surface area contributed by atoms with Crippen LogP contribution in [0.5, 0.6) is 0 Å². The molecule has 0 unspecified atom stereocenters. The number of hydrogen-bond donors (Lipinski definition) is 0. The van der Waals surface area contributed by atoms with Gasteiger partial charge in [-0.05, 0) is 42.1 Å². The summed E-state index contributed by atoms with van der Waals surface area (Å²) in [5, 5.41) is 0. The number of hydrogen-bond acceptors (Lipinski definition) is 2. The summed E-state index contributed by atoms with van der Waals surface area (Å²) in [4.78, 5) is 11.9. The highest BCUT2D eigenvalue weighted by molar-refractivity contribution is 5.80. The number of benzene rings is 1. The van der Waals surface area contributed by atoms with Gasteiger partial charge in [-0.15, -0.1) is 0 Å². The SMILES string of the molecule is C[C@@]12CCC(=O)C[C@]1(C)C[C@H](OCc1ccccc1)CC2. The molecule has 0 saturated heterocycles. The van der Waals surface area contributed by atoms with E-state index in [2.05, 4.69) is 38.1 Å². The highest BCUT2D eigenvalue weighted by Gasteiger charge is 2.52. The van der Waals surface area contributed by atoms with Gasteiger partial charge in [0.2, 0.25) is 0 Å². The Kier molecular flexibility index (Phi) is 3.92. The largest absolute Gasteiger partial charge is 0.374 e. The fourth-order valence-corrected chi connectivity index (χ4v) is 4.21. The van der Waals surface area contributed by atoms with E-state index in [1.54, 1.807) is 0 Å². The van der Waals surface area contributed by atoms with E-state index in [1.165, 1.54) is 12.0 Å². The van der Waals surface area contributed by atoms with Gasteiger partial charge in [0.1, 0.15) is 5.78 Å². The molecule has 2 aliphatic rings. The topological polar surface area (TPSA) is 26.3 Å². The van der Waals surface area contributed by atoms with Crippen molar-refractivity contribution in [2.45, 2.75) is 65.1 Å². The molecular weight excluding hydrogens is 260 g/mol. The van der Waals surface area contributed by atoms with Gasteiger partial charge in [0.15, 0.2) is 0 Å². The number of carbonyl (C=O) groups excluding carboxylic acids is 1. The monoisotopic (exact) mass is 286 g/mol. The molecule has 0 aliphatic heterocycles. The van der Waals surface area contributed by atoms with Crippen molar-refractivity contribution in [1.29, 1.82) is 0 Å². The minimum Gasteiger partial charge on any atom is -0.374 e. The molecule has 2 fully saturated rings. The molecule has 0 N–H and O–H groups in total. The zero-order valence-electron chi connectivity index (χ0n) is 13.2. The fourth-order valence-electron chi connectivity index (χ4n) is 4.21. The minimum atomic E-state index is 0.127. The molecule has 2 heteroatoms. The molecule has 3 atom stereocenters. The summed E-state index contributed by atoms with van der Waals surface area (Å²) in [6.45, 7) is 5.38. The van der Waals surface area contributed by atoms with Crippen LogP contribution in [0.15, 0.2) is 30.3 Å². The highest BCUT2D eigenvalue weighted by atomic mass is 16.5. The van der Waals surface area contributed by atoms with Crippen LogP contribution < -0.4 is 0 Å². The van der Waals surface area contributed by atoms with Gasteiger partial charge >= 0.3 is 0 Å². The molecule has 0 bridgehead atoms. The third-order valence-electron chi connectivity index (χ3n) is 6.02. The zero-order chi connectivity index (χ0) is 14.9. The maximum Gasteiger partial charge on any atom is 0.133 e. The summed E-state index contributed by atoms with van der Waals surface area (Å²) in [6, 6.07) is 10.4. The average Bonchev–Trinajstić information content (AvgIpc) is 2.47. The number of carbonyl (C=O) groups is 1. The van der Waals surface area contributed by atoms with E-state index in [0.29, 0.717) is 23.9 Å². The van der Waals surface area contributed by atoms with Gasteiger partial charge in [0.25, 0.3) is 0 Å². The van der Waals surface area contributed by atoms with E-state index in [9.17, 15) is 4.79 Å². The Morgan fingerprint density at radius 3 is 2.67 bits per heavy atom. The van der Waals surface area contributed by atoms with Crippen molar-refractivity contribution in [1.82, 2.24) is 0 Å². The smallest absolute Gasteiger partial charge is 0.133 e. The second-order valence-electron chi connectivity index (χ2n) is 7.50. The van der Waals surface area contributed by atoms with Gasteiger partial charge in [-0.2, -0.15) is 0 Å². The Balaban J connectivity index is 1.64. The Labute approximate surface area is 127 Å². The summed E-state index contributed by atoms with van der Waals surface area (Å²) < 4.78 is 6.15. The van der Waals surface area contributed by atoms with Crippen molar-refractivity contribution in [2.24, 2.45) is 10.8 Å². The van der Waals surface area contributed by atoms with Crippen LogP contribution in [0.2, 0.25) is 0 Å². The van der Waals surface area contributed by atoms with Crippen molar-refractivity contribution in [3.8, 4) is 0 Å². The van der Waals surface area contributed by atoms with Crippen molar-refractivity contribution >= 4 is 5.78 Å². The molecule has 114 valence electrons. The maximum absolute atomic E-state index is 11.9. The predicted octanol–water partition coefficient (Wildman–Crippen LogP) is 4.52. The zero-order valence-corrected chi connectivity index (χ0v) is 13.2. The van der Waals surface area contributed by atoms with Gasteiger partial charge < -0.3 is 4.74 Å². The molecular formula is C19H26O2. The number of Topliss-reactive ketones (excluding diaryl/α,β-unsaturated/α-hetero) is 1. The average molecular weight is 286 g/mol. The first kappa shape index (κ1) is 14.8. The minimum absolute atomic E-state index is 0.127. The summed E-state index contributed by atoms with van der Waals surface area (Å²) in [5.41, 5.74) is 1.69. The molecule has 2 nitrogen and oxygen atoms in total. The van der Waals surface area contributed by atoms with Gasteiger partial charge in [0, 0.05) is 12.8 Å². The van der Waals surface area contributed by atoms with E-state index < -0.39 is 0 Å². The maximum atomic E-state index is 11.9. The molecule has 0 amide bonds. The Morgan fingerprint density at radius 1 is 1.14 bits per heavy atom. The van der Waals surface area contributed by atoms with Crippen LogP contribution >= 0.6 is 0 Å². The highest BCUT2D eigenvalue weighted by Crippen LogP contribution is 2.58. The Morgan fingerprint density at radius 2 is 1.90 bits per heavy atom. The second-order valence-corrected chi connectivity index (χ2v) is 7.50. The van der Waals surface area contributed by atoms with Crippen LogP contribution in [0.25, 0.3) is 0 Å². The van der Waals surface area contributed by atoms with E-state index in [0.717, 1.165) is 32.1 Å². The lowest BCUT2D eigenvalue weighted by atomic mass is 9.51. The van der Waals surface area contributed by atoms with Gasteiger partial charge in [-0.1, -0.05) is 44.2 Å². The van der Waals surface area contributed by atoms with Crippen LogP contribution in [0.3, 0.4) is 0 Å². The predicted molar refractivity (Wildman–Crippen MR) is 83.9 cm³/mol. The van der Waals surface area contributed by atoms with Crippen molar-refractivity contribution in [3.05, 3.63) is 35.9 Å². The molecule has 0 spiro atoms. The van der Waals surface area contributed by atoms with Crippen LogP contribution in [0, 0.1) is 10.8 Å². The molecule has 2 saturated carbocycles. The second kappa shape index (κ2) is 5.57. The van der Waals surface area contributed by atoms with Gasteiger partial charge in [0.05, 0.1) is 12.7 Å². The summed E-state index contributed by atoms with van der Waals surface area (Å²) in [7, 11) is 0. The molecule has 3 rings (SSSR count). The molecule has 1 aromatic carbocycles. The Bertz CT molecular complexity index is 510. The van der Waals surface area contributed by atoms with E-state index in [1.807, 2.05) is 6.07 Å². The molecule has 0 heterocycles. The van der Waals surface area contributed by atoms with Gasteiger partial charge in [-0.3, -0.25) is 4.79 Å². The van der Waals surface area contributed by atoms with Gasteiger partial charge in [-0.25, -0.2) is 0 Å². The first-order valence-electron chi connectivity index (χ1n) is 8.18. The number of ketones is 1. The molecule has 21 heavy (non-hydrogen) atoms. The molecule has 2 aliphatic carbocycles. The number of rotatable bonds is 3. The summed E-state index contributed by atoms with van der Waals surface area (Å²) >= 11 is 0. The lowest BCUT2D eigenvalue weighted by Crippen LogP contribution is -2.49. The van der Waals surface area contributed by atoms with E-state index in [4.69, 9.17) is 4.74 Å². The lowest BCUT2D eigenvalue weighted by Gasteiger charge is -2.54. The van der Waals surface area contributed by atoms with Crippen LogP contribution in [-0.2, 0) is 16.1 Å². The first-order valence-corrected chi connectivity index (χ1v) is 8.18. The quantitative estimate of drug-likeness (QED) is 0.816. The van der Waals surface area contributed by atoms with Crippen molar-refractivity contribution in [3.63, 3.8) is 0 Å². The van der Waals surface area contributed by atoms with E-state index in [-0.39, 0.29) is 5.41 Å². The van der Waals surface area contributed by atoms with Crippen molar-refractivity contribution < 1.29 is 9.53 Å². The summed E-state index contributed by atoms with van der Waals surface area (Å²) in [5.74, 6) is 0.443. The fraction of sp³-hybridized carbons (Fsp3) is 0.632. The van der Waals surface area contributed by atoms with Crippen LogP contribution in [0.1, 0.15) is 57.9 Å². The van der Waals surface area contributed by atoms with E-state index >= 15 is 0 Å². The third kappa shape index (κ3) is 2.91. The molecule has 0 aromatic heterocycles. The van der Waals surface area contributed by atoms with Crippen LogP contribution in [0.4, 0.5) is 0 Å².